The molecule has 1 aromatic rings. The number of aromatic nitrogens is 2. The molecule has 12 heavy (non-hydrogen) atoms. The second-order valence-corrected chi connectivity index (χ2v) is 2.40. The van der Waals surface area contributed by atoms with E-state index in [1.807, 2.05) is 0 Å². The van der Waals surface area contributed by atoms with Crippen molar-refractivity contribution in [3.05, 3.63) is 24.3 Å². The van der Waals surface area contributed by atoms with Crippen molar-refractivity contribution < 1.29 is 8.78 Å². The zero-order chi connectivity index (χ0) is 8.97. The van der Waals surface area contributed by atoms with Crippen LogP contribution in [0.5, 0.6) is 0 Å². The highest BCUT2D eigenvalue weighted by molar-refractivity contribution is 4.97. The van der Waals surface area contributed by atoms with Crippen molar-refractivity contribution in [3.8, 4) is 0 Å². The van der Waals surface area contributed by atoms with E-state index in [9.17, 15) is 8.78 Å². The first kappa shape index (κ1) is 8.99. The summed E-state index contributed by atoms with van der Waals surface area (Å²) in [6.07, 6.45) is 1.92. The Morgan fingerprint density at radius 2 is 2.17 bits per heavy atom. The molecule has 0 aliphatic rings. The van der Waals surface area contributed by atoms with Gasteiger partial charge < -0.3 is 5.73 Å². The maximum Gasteiger partial charge on any atom is 0.253 e. The van der Waals surface area contributed by atoms with Crippen LogP contribution in [0.15, 0.2) is 18.6 Å². The third kappa shape index (κ3) is 2.50. The molecule has 0 spiro atoms. The summed E-state index contributed by atoms with van der Waals surface area (Å²) < 4.78 is 23.9. The van der Waals surface area contributed by atoms with Gasteiger partial charge in [0.25, 0.3) is 6.43 Å². The molecule has 0 bridgehead atoms. The molecule has 1 heterocycles. The third-order valence-corrected chi connectivity index (χ3v) is 1.39. The second-order valence-electron chi connectivity index (χ2n) is 2.40. The van der Waals surface area contributed by atoms with E-state index in [2.05, 4.69) is 9.97 Å². The Balaban J connectivity index is 2.53. The van der Waals surface area contributed by atoms with Gasteiger partial charge in [0.1, 0.15) is 0 Å². The highest BCUT2D eigenvalue weighted by atomic mass is 19.3. The molecule has 5 heteroatoms. The lowest BCUT2D eigenvalue weighted by atomic mass is 10.2. The van der Waals surface area contributed by atoms with Gasteiger partial charge in [-0.1, -0.05) is 0 Å². The van der Waals surface area contributed by atoms with E-state index < -0.39 is 12.5 Å². The SMILES string of the molecule is NC(Cc1cnccn1)C(F)F. The van der Waals surface area contributed by atoms with E-state index in [0.717, 1.165) is 0 Å². The molecule has 0 saturated carbocycles. The van der Waals surface area contributed by atoms with Crippen LogP contribution >= 0.6 is 0 Å². The summed E-state index contributed by atoms with van der Waals surface area (Å²) in [5, 5.41) is 0. The lowest BCUT2D eigenvalue weighted by Gasteiger charge is -2.08. The molecule has 3 nitrogen and oxygen atoms in total. The molecule has 66 valence electrons. The van der Waals surface area contributed by atoms with Crippen LogP contribution in [0.1, 0.15) is 5.69 Å². The maximum atomic E-state index is 11.9. The number of nitrogens with two attached hydrogens (primary N) is 1. The normalized spacial score (nSPS) is 13.3. The Kier molecular flexibility index (Phi) is 3.04. The molecule has 0 aliphatic carbocycles. The van der Waals surface area contributed by atoms with Crippen molar-refractivity contribution in [3.63, 3.8) is 0 Å². The molecular weight excluding hydrogens is 164 g/mol. The van der Waals surface area contributed by atoms with E-state index in [-0.39, 0.29) is 6.42 Å². The van der Waals surface area contributed by atoms with Crippen LogP contribution in [-0.2, 0) is 6.42 Å². The number of alkyl halides is 2. The molecule has 0 aromatic carbocycles. The van der Waals surface area contributed by atoms with Crippen LogP contribution in [-0.4, -0.2) is 22.4 Å². The van der Waals surface area contributed by atoms with Gasteiger partial charge in [0.05, 0.1) is 11.7 Å². The highest BCUT2D eigenvalue weighted by Gasteiger charge is 2.15. The van der Waals surface area contributed by atoms with E-state index in [1.165, 1.54) is 18.6 Å². The molecule has 0 saturated heterocycles. The van der Waals surface area contributed by atoms with Crippen LogP contribution < -0.4 is 5.73 Å². The quantitative estimate of drug-likeness (QED) is 0.728. The standard InChI is InChI=1S/C7H9F2N3/c8-7(9)6(10)3-5-4-11-1-2-12-5/h1-2,4,6-7H,3,10H2. The fraction of sp³-hybridized carbons (Fsp3) is 0.429. The van der Waals surface area contributed by atoms with Gasteiger partial charge in [0.2, 0.25) is 0 Å². The zero-order valence-electron chi connectivity index (χ0n) is 6.32. The van der Waals surface area contributed by atoms with Crippen molar-refractivity contribution in [2.75, 3.05) is 0 Å². The lowest BCUT2D eigenvalue weighted by molar-refractivity contribution is 0.115. The first-order valence-electron chi connectivity index (χ1n) is 3.49. The monoisotopic (exact) mass is 173 g/mol. The molecule has 0 aliphatic heterocycles. The fourth-order valence-corrected chi connectivity index (χ4v) is 0.766. The van der Waals surface area contributed by atoms with Gasteiger partial charge in [0.15, 0.2) is 0 Å². The fourth-order valence-electron chi connectivity index (χ4n) is 0.766. The topological polar surface area (TPSA) is 51.8 Å². The van der Waals surface area contributed by atoms with Gasteiger partial charge >= 0.3 is 0 Å². The molecule has 0 radical (unpaired) electrons. The van der Waals surface area contributed by atoms with Crippen molar-refractivity contribution >= 4 is 0 Å². The van der Waals surface area contributed by atoms with Crippen LogP contribution in [0.25, 0.3) is 0 Å². The minimum Gasteiger partial charge on any atom is -0.323 e. The molecule has 2 N–H and O–H groups in total. The van der Waals surface area contributed by atoms with Gasteiger partial charge in [-0.05, 0) is 0 Å². The smallest absolute Gasteiger partial charge is 0.253 e. The number of nitrogens with zero attached hydrogens (tertiary/aromatic N) is 2. The Hall–Kier alpha value is -1.10. The lowest BCUT2D eigenvalue weighted by Crippen LogP contribution is -2.31. The van der Waals surface area contributed by atoms with Gasteiger partial charge in [-0.25, -0.2) is 8.78 Å². The largest absolute Gasteiger partial charge is 0.323 e. The van der Waals surface area contributed by atoms with E-state index in [1.54, 1.807) is 0 Å². The summed E-state index contributed by atoms with van der Waals surface area (Å²) in [4.78, 5) is 7.56. The minimum atomic E-state index is -2.51. The summed E-state index contributed by atoms with van der Waals surface area (Å²) in [5.74, 6) is 0. The van der Waals surface area contributed by atoms with Gasteiger partial charge in [-0.2, -0.15) is 0 Å². The number of halogens is 2. The maximum absolute atomic E-state index is 11.9. The third-order valence-electron chi connectivity index (χ3n) is 1.39. The molecule has 1 aromatic heterocycles. The summed E-state index contributed by atoms with van der Waals surface area (Å²) in [6.45, 7) is 0. The second kappa shape index (κ2) is 4.06. The Bertz CT molecular complexity index is 227. The van der Waals surface area contributed by atoms with Gasteiger partial charge in [-0.15, -0.1) is 0 Å². The Morgan fingerprint density at radius 3 is 2.67 bits per heavy atom. The molecule has 1 rings (SSSR count). The zero-order valence-corrected chi connectivity index (χ0v) is 6.32. The molecular formula is C7H9F2N3. The first-order valence-corrected chi connectivity index (χ1v) is 3.49. The molecule has 1 atom stereocenters. The van der Waals surface area contributed by atoms with E-state index >= 15 is 0 Å². The first-order chi connectivity index (χ1) is 5.70. The van der Waals surface area contributed by atoms with Crippen molar-refractivity contribution in [1.82, 2.24) is 9.97 Å². The van der Waals surface area contributed by atoms with E-state index in [4.69, 9.17) is 5.73 Å². The molecule has 0 fully saturated rings. The van der Waals surface area contributed by atoms with Crippen LogP contribution in [0.3, 0.4) is 0 Å². The van der Waals surface area contributed by atoms with Crippen LogP contribution in [0.4, 0.5) is 8.78 Å². The number of hydrogen-bond donors (Lipinski definition) is 1. The average Bonchev–Trinajstić information content (AvgIpc) is 2.06. The summed E-state index contributed by atoms with van der Waals surface area (Å²) in [7, 11) is 0. The summed E-state index contributed by atoms with van der Waals surface area (Å²) >= 11 is 0. The summed E-state index contributed by atoms with van der Waals surface area (Å²) in [5.41, 5.74) is 5.62. The molecule has 0 amide bonds. The number of rotatable bonds is 3. The van der Waals surface area contributed by atoms with Crippen molar-refractivity contribution in [2.24, 2.45) is 5.73 Å². The minimum absolute atomic E-state index is 0.0610. The Morgan fingerprint density at radius 1 is 1.42 bits per heavy atom. The highest BCUT2D eigenvalue weighted by Crippen LogP contribution is 2.03. The van der Waals surface area contributed by atoms with Gasteiger partial charge in [-0.3, -0.25) is 9.97 Å². The summed E-state index contributed by atoms with van der Waals surface area (Å²) in [6, 6.07) is -1.15. The van der Waals surface area contributed by atoms with Crippen LogP contribution in [0, 0.1) is 0 Å². The predicted octanol–water partition coefficient (Wildman–Crippen LogP) is 0.611. The van der Waals surface area contributed by atoms with E-state index in [0.29, 0.717) is 5.69 Å². The average molecular weight is 173 g/mol. The number of hydrogen-bond acceptors (Lipinski definition) is 3. The Labute approximate surface area is 68.6 Å². The van der Waals surface area contributed by atoms with Crippen molar-refractivity contribution in [1.29, 1.82) is 0 Å². The predicted molar refractivity (Wildman–Crippen MR) is 39.7 cm³/mol. The van der Waals surface area contributed by atoms with Gasteiger partial charge in [0, 0.05) is 25.0 Å². The van der Waals surface area contributed by atoms with Crippen LogP contribution in [0.2, 0.25) is 0 Å². The van der Waals surface area contributed by atoms with Crippen molar-refractivity contribution in [2.45, 2.75) is 18.9 Å². The molecule has 1 unspecified atom stereocenters.